The van der Waals surface area contributed by atoms with E-state index in [-0.39, 0.29) is 5.91 Å². The Morgan fingerprint density at radius 2 is 2.05 bits per heavy atom. The second kappa shape index (κ2) is 5.11. The Labute approximate surface area is 124 Å². The fourth-order valence-corrected chi connectivity index (χ4v) is 2.96. The Morgan fingerprint density at radius 1 is 1.25 bits per heavy atom. The SMILES string of the molecule is Nc1ccccc1C(=O)Nc1nc2ccc(Cl)cc2s1. The molecule has 1 amide bonds. The van der Waals surface area contributed by atoms with Crippen LogP contribution in [0.5, 0.6) is 0 Å². The highest BCUT2D eigenvalue weighted by atomic mass is 35.5. The number of carbonyl (C=O) groups is 1. The lowest BCUT2D eigenvalue weighted by Gasteiger charge is -2.04. The van der Waals surface area contributed by atoms with Crippen molar-refractivity contribution < 1.29 is 4.79 Å². The third-order valence-electron chi connectivity index (χ3n) is 2.78. The lowest BCUT2D eigenvalue weighted by Crippen LogP contribution is -2.13. The average Bonchev–Trinajstić information content (AvgIpc) is 2.80. The van der Waals surface area contributed by atoms with Crippen molar-refractivity contribution in [1.29, 1.82) is 0 Å². The molecule has 4 nitrogen and oxygen atoms in total. The molecule has 0 atom stereocenters. The normalized spacial score (nSPS) is 10.7. The monoisotopic (exact) mass is 303 g/mol. The van der Waals surface area contributed by atoms with Gasteiger partial charge in [0.15, 0.2) is 5.13 Å². The van der Waals surface area contributed by atoms with E-state index in [1.54, 1.807) is 30.3 Å². The van der Waals surface area contributed by atoms with E-state index in [1.165, 1.54) is 11.3 Å². The molecule has 1 aromatic heterocycles. The van der Waals surface area contributed by atoms with Crippen molar-refractivity contribution in [2.24, 2.45) is 0 Å². The molecule has 0 unspecified atom stereocenters. The Bertz CT molecular complexity index is 800. The molecule has 3 aromatic rings. The number of hydrogen-bond acceptors (Lipinski definition) is 4. The Kier molecular flexibility index (Phi) is 3.30. The lowest BCUT2D eigenvalue weighted by atomic mass is 10.2. The number of nitrogen functional groups attached to an aromatic ring is 1. The van der Waals surface area contributed by atoms with Gasteiger partial charge in [0.2, 0.25) is 0 Å². The van der Waals surface area contributed by atoms with Gasteiger partial charge in [0.05, 0.1) is 15.8 Å². The summed E-state index contributed by atoms with van der Waals surface area (Å²) in [5, 5.41) is 3.92. The van der Waals surface area contributed by atoms with Crippen LogP contribution in [-0.2, 0) is 0 Å². The molecule has 0 saturated heterocycles. The first-order chi connectivity index (χ1) is 9.63. The van der Waals surface area contributed by atoms with Crippen LogP contribution in [-0.4, -0.2) is 10.9 Å². The molecule has 1 heterocycles. The lowest BCUT2D eigenvalue weighted by molar-refractivity contribution is 0.102. The standard InChI is InChI=1S/C14H10ClN3OS/c15-8-5-6-11-12(7-8)20-14(17-11)18-13(19)9-3-1-2-4-10(9)16/h1-7H,16H2,(H,17,18,19). The molecule has 20 heavy (non-hydrogen) atoms. The topological polar surface area (TPSA) is 68.0 Å². The number of benzene rings is 2. The minimum atomic E-state index is -0.270. The summed E-state index contributed by atoms with van der Waals surface area (Å²) >= 11 is 7.30. The van der Waals surface area contributed by atoms with E-state index in [9.17, 15) is 4.79 Å². The molecule has 6 heteroatoms. The van der Waals surface area contributed by atoms with Crippen LogP contribution in [0.3, 0.4) is 0 Å². The van der Waals surface area contributed by atoms with Gasteiger partial charge in [-0.25, -0.2) is 4.98 Å². The molecule has 0 bridgehead atoms. The van der Waals surface area contributed by atoms with Crippen LogP contribution in [0.25, 0.3) is 10.2 Å². The maximum Gasteiger partial charge on any atom is 0.259 e. The predicted molar refractivity (Wildman–Crippen MR) is 83.4 cm³/mol. The van der Waals surface area contributed by atoms with Gasteiger partial charge >= 0.3 is 0 Å². The van der Waals surface area contributed by atoms with Gasteiger partial charge in [-0.15, -0.1) is 0 Å². The summed E-state index contributed by atoms with van der Waals surface area (Å²) in [5.74, 6) is -0.270. The van der Waals surface area contributed by atoms with E-state index >= 15 is 0 Å². The van der Waals surface area contributed by atoms with Crippen molar-refractivity contribution >= 4 is 49.9 Å². The number of anilines is 2. The first kappa shape index (κ1) is 12.9. The van der Waals surface area contributed by atoms with E-state index in [2.05, 4.69) is 10.3 Å². The van der Waals surface area contributed by atoms with Crippen molar-refractivity contribution in [2.75, 3.05) is 11.1 Å². The van der Waals surface area contributed by atoms with Gasteiger partial charge in [-0.3, -0.25) is 10.1 Å². The van der Waals surface area contributed by atoms with E-state index in [1.807, 2.05) is 12.1 Å². The highest BCUT2D eigenvalue weighted by Crippen LogP contribution is 2.28. The zero-order valence-electron chi connectivity index (χ0n) is 10.3. The van der Waals surface area contributed by atoms with Gasteiger partial charge < -0.3 is 5.73 Å². The van der Waals surface area contributed by atoms with E-state index in [0.717, 1.165) is 10.2 Å². The highest BCUT2D eigenvalue weighted by Gasteiger charge is 2.12. The van der Waals surface area contributed by atoms with E-state index in [0.29, 0.717) is 21.4 Å². The number of amides is 1. The van der Waals surface area contributed by atoms with E-state index in [4.69, 9.17) is 17.3 Å². The van der Waals surface area contributed by atoms with Crippen LogP contribution in [0.2, 0.25) is 5.02 Å². The largest absolute Gasteiger partial charge is 0.398 e. The summed E-state index contributed by atoms with van der Waals surface area (Å²) in [4.78, 5) is 16.5. The molecule has 0 radical (unpaired) electrons. The molecule has 2 aromatic carbocycles. The summed E-state index contributed by atoms with van der Waals surface area (Å²) in [6, 6.07) is 12.3. The Hall–Kier alpha value is -2.11. The third kappa shape index (κ3) is 2.45. The van der Waals surface area contributed by atoms with Gasteiger partial charge in [-0.1, -0.05) is 35.1 Å². The summed E-state index contributed by atoms with van der Waals surface area (Å²) in [5.41, 5.74) is 7.45. The van der Waals surface area contributed by atoms with Crippen LogP contribution in [0.4, 0.5) is 10.8 Å². The number of carbonyl (C=O) groups excluding carboxylic acids is 1. The average molecular weight is 304 g/mol. The Balaban J connectivity index is 1.89. The molecule has 0 fully saturated rings. The second-order valence-corrected chi connectivity index (χ2v) is 5.64. The highest BCUT2D eigenvalue weighted by molar-refractivity contribution is 7.22. The number of para-hydroxylation sites is 1. The number of rotatable bonds is 2. The van der Waals surface area contributed by atoms with Crippen LogP contribution in [0.1, 0.15) is 10.4 Å². The number of nitrogens with one attached hydrogen (secondary N) is 1. The van der Waals surface area contributed by atoms with Crippen LogP contribution in [0.15, 0.2) is 42.5 Å². The summed E-state index contributed by atoms with van der Waals surface area (Å²) in [7, 11) is 0. The predicted octanol–water partition coefficient (Wildman–Crippen LogP) is 3.78. The van der Waals surface area contributed by atoms with Gasteiger partial charge in [-0.2, -0.15) is 0 Å². The summed E-state index contributed by atoms with van der Waals surface area (Å²) < 4.78 is 0.925. The molecule has 3 rings (SSSR count). The second-order valence-electron chi connectivity index (χ2n) is 4.17. The third-order valence-corrected chi connectivity index (χ3v) is 3.95. The first-order valence-electron chi connectivity index (χ1n) is 5.85. The molecular formula is C14H10ClN3OS. The molecule has 0 aliphatic heterocycles. The number of halogens is 1. The molecule has 0 aliphatic carbocycles. The number of hydrogen-bond donors (Lipinski definition) is 2. The van der Waals surface area contributed by atoms with Gasteiger partial charge in [0.1, 0.15) is 0 Å². The smallest absolute Gasteiger partial charge is 0.259 e. The Morgan fingerprint density at radius 3 is 2.85 bits per heavy atom. The first-order valence-corrected chi connectivity index (χ1v) is 7.05. The van der Waals surface area contributed by atoms with Crippen LogP contribution >= 0.6 is 22.9 Å². The zero-order valence-corrected chi connectivity index (χ0v) is 11.8. The number of thiazole rings is 1. The minimum Gasteiger partial charge on any atom is -0.398 e. The van der Waals surface area contributed by atoms with Crippen molar-refractivity contribution in [2.45, 2.75) is 0 Å². The van der Waals surface area contributed by atoms with Gasteiger partial charge in [0, 0.05) is 10.7 Å². The molecular weight excluding hydrogens is 294 g/mol. The molecule has 0 spiro atoms. The number of nitrogens with two attached hydrogens (primary N) is 1. The molecule has 0 saturated carbocycles. The molecule has 100 valence electrons. The number of nitrogens with zero attached hydrogens (tertiary/aromatic N) is 1. The summed E-state index contributed by atoms with van der Waals surface area (Å²) in [6.45, 7) is 0. The quantitative estimate of drug-likeness (QED) is 0.708. The van der Waals surface area contributed by atoms with Crippen LogP contribution in [0, 0.1) is 0 Å². The number of fused-ring (bicyclic) bond motifs is 1. The fraction of sp³-hybridized carbons (Fsp3) is 0. The van der Waals surface area contributed by atoms with E-state index < -0.39 is 0 Å². The van der Waals surface area contributed by atoms with Gasteiger partial charge in [0.25, 0.3) is 5.91 Å². The summed E-state index contributed by atoms with van der Waals surface area (Å²) in [6.07, 6.45) is 0. The van der Waals surface area contributed by atoms with Crippen molar-refractivity contribution in [1.82, 2.24) is 4.98 Å². The molecule has 0 aliphatic rings. The van der Waals surface area contributed by atoms with Gasteiger partial charge in [-0.05, 0) is 30.3 Å². The van der Waals surface area contributed by atoms with Crippen molar-refractivity contribution in [3.05, 3.63) is 53.1 Å². The zero-order chi connectivity index (χ0) is 14.1. The van der Waals surface area contributed by atoms with Crippen molar-refractivity contribution in [3.63, 3.8) is 0 Å². The maximum atomic E-state index is 12.1. The minimum absolute atomic E-state index is 0.270. The fourth-order valence-electron chi connectivity index (χ4n) is 1.82. The maximum absolute atomic E-state index is 12.1. The molecule has 3 N–H and O–H groups in total. The van der Waals surface area contributed by atoms with Crippen molar-refractivity contribution in [3.8, 4) is 0 Å². The van der Waals surface area contributed by atoms with Crippen LogP contribution < -0.4 is 11.1 Å². The number of aromatic nitrogens is 1.